The maximum absolute atomic E-state index is 10.5. The molecule has 1 heterocycles. The van der Waals surface area contributed by atoms with Crippen LogP contribution in [-0.4, -0.2) is 26.6 Å². The van der Waals surface area contributed by atoms with Crippen molar-refractivity contribution < 1.29 is 9.90 Å². The van der Waals surface area contributed by atoms with Crippen LogP contribution in [0.15, 0.2) is 12.4 Å². The summed E-state index contributed by atoms with van der Waals surface area (Å²) in [6, 6.07) is 0. The van der Waals surface area contributed by atoms with Crippen LogP contribution in [0.3, 0.4) is 0 Å². The first kappa shape index (κ1) is 12.7. The summed E-state index contributed by atoms with van der Waals surface area (Å²) >= 11 is 5.66. The van der Waals surface area contributed by atoms with Gasteiger partial charge in [-0.1, -0.05) is 11.6 Å². The standard InChI is InChI=1S/C10H14ClN3O2/c1-10(2,4-3-8(15)16)14-9-12-5-7(11)6-13-9/h5-6H,3-4H2,1-2H3,(H,15,16)(H,12,13,14). The number of hydrogen-bond donors (Lipinski definition) is 2. The van der Waals surface area contributed by atoms with Gasteiger partial charge >= 0.3 is 5.97 Å². The predicted octanol–water partition coefficient (Wildman–Crippen LogP) is 2.19. The van der Waals surface area contributed by atoms with Gasteiger partial charge in [-0.25, -0.2) is 9.97 Å². The molecule has 0 aliphatic heterocycles. The number of halogens is 1. The molecule has 2 N–H and O–H groups in total. The fourth-order valence-electron chi connectivity index (χ4n) is 1.16. The minimum absolute atomic E-state index is 0.105. The van der Waals surface area contributed by atoms with Gasteiger partial charge in [0.05, 0.1) is 17.4 Å². The van der Waals surface area contributed by atoms with Crippen LogP contribution in [0, 0.1) is 0 Å². The fraction of sp³-hybridized carbons (Fsp3) is 0.500. The molecule has 0 aliphatic rings. The van der Waals surface area contributed by atoms with E-state index >= 15 is 0 Å². The maximum Gasteiger partial charge on any atom is 0.303 e. The second-order valence-electron chi connectivity index (χ2n) is 4.13. The van der Waals surface area contributed by atoms with Crippen LogP contribution < -0.4 is 5.32 Å². The van der Waals surface area contributed by atoms with Gasteiger partial charge in [-0.2, -0.15) is 0 Å². The normalized spacial score (nSPS) is 11.2. The molecule has 1 rings (SSSR count). The molecular formula is C10H14ClN3O2. The van der Waals surface area contributed by atoms with Gasteiger partial charge in [0.25, 0.3) is 0 Å². The minimum atomic E-state index is -0.813. The quantitative estimate of drug-likeness (QED) is 0.829. The Morgan fingerprint density at radius 2 is 2.06 bits per heavy atom. The summed E-state index contributed by atoms with van der Waals surface area (Å²) in [4.78, 5) is 18.4. The lowest BCUT2D eigenvalue weighted by atomic mass is 9.99. The smallest absolute Gasteiger partial charge is 0.303 e. The SMILES string of the molecule is CC(C)(CCC(=O)O)Nc1ncc(Cl)cn1. The number of rotatable bonds is 5. The molecule has 6 heteroatoms. The molecule has 0 amide bonds. The Morgan fingerprint density at radius 3 is 2.56 bits per heavy atom. The van der Waals surface area contributed by atoms with E-state index in [4.69, 9.17) is 16.7 Å². The van der Waals surface area contributed by atoms with Crippen LogP contribution in [0.2, 0.25) is 5.02 Å². The van der Waals surface area contributed by atoms with Crippen molar-refractivity contribution in [2.24, 2.45) is 0 Å². The number of aliphatic carboxylic acids is 1. The second-order valence-corrected chi connectivity index (χ2v) is 4.56. The molecule has 16 heavy (non-hydrogen) atoms. The molecule has 0 bridgehead atoms. The first-order valence-electron chi connectivity index (χ1n) is 4.86. The van der Waals surface area contributed by atoms with Crippen LogP contribution in [0.4, 0.5) is 5.95 Å². The fourth-order valence-corrected chi connectivity index (χ4v) is 1.26. The molecule has 1 aromatic rings. The van der Waals surface area contributed by atoms with Gasteiger partial charge in [0, 0.05) is 12.0 Å². The van der Waals surface area contributed by atoms with E-state index in [1.54, 1.807) is 0 Å². The molecule has 0 aromatic carbocycles. The highest BCUT2D eigenvalue weighted by Crippen LogP contribution is 2.17. The van der Waals surface area contributed by atoms with Crippen molar-refractivity contribution >= 4 is 23.5 Å². The molecule has 0 radical (unpaired) electrons. The third-order valence-corrected chi connectivity index (χ3v) is 2.23. The van der Waals surface area contributed by atoms with Gasteiger partial charge in [-0.05, 0) is 20.3 Å². The lowest BCUT2D eigenvalue weighted by Gasteiger charge is -2.25. The molecule has 0 saturated carbocycles. The average Bonchev–Trinajstić information content (AvgIpc) is 2.19. The number of anilines is 1. The van der Waals surface area contributed by atoms with E-state index in [9.17, 15) is 4.79 Å². The molecular weight excluding hydrogens is 230 g/mol. The van der Waals surface area contributed by atoms with Gasteiger partial charge in [-0.15, -0.1) is 0 Å². The summed E-state index contributed by atoms with van der Waals surface area (Å²) in [5.41, 5.74) is -0.369. The van der Waals surface area contributed by atoms with E-state index < -0.39 is 5.97 Å². The molecule has 88 valence electrons. The topological polar surface area (TPSA) is 75.1 Å². The first-order valence-corrected chi connectivity index (χ1v) is 5.24. The third kappa shape index (κ3) is 4.44. The van der Waals surface area contributed by atoms with Crippen LogP contribution in [0.5, 0.6) is 0 Å². The Labute approximate surface area is 98.9 Å². The van der Waals surface area contributed by atoms with Gasteiger partial charge in [0.15, 0.2) is 0 Å². The summed E-state index contributed by atoms with van der Waals surface area (Å²) in [5.74, 6) is -0.369. The maximum atomic E-state index is 10.5. The van der Waals surface area contributed by atoms with Crippen LogP contribution in [-0.2, 0) is 4.79 Å². The monoisotopic (exact) mass is 243 g/mol. The highest BCUT2D eigenvalue weighted by Gasteiger charge is 2.19. The second kappa shape index (κ2) is 5.12. The molecule has 5 nitrogen and oxygen atoms in total. The van der Waals surface area contributed by atoms with Gasteiger partial charge in [0.1, 0.15) is 0 Å². The lowest BCUT2D eigenvalue weighted by molar-refractivity contribution is -0.137. The van der Waals surface area contributed by atoms with Gasteiger partial charge < -0.3 is 10.4 Å². The largest absolute Gasteiger partial charge is 0.481 e. The Morgan fingerprint density at radius 1 is 1.50 bits per heavy atom. The van der Waals surface area contributed by atoms with E-state index in [1.165, 1.54) is 12.4 Å². The van der Waals surface area contributed by atoms with Crippen molar-refractivity contribution in [1.29, 1.82) is 0 Å². The Balaban J connectivity index is 2.57. The Hall–Kier alpha value is -1.36. The summed E-state index contributed by atoms with van der Waals surface area (Å²) in [6.45, 7) is 3.79. The molecule has 0 saturated heterocycles. The molecule has 0 unspecified atom stereocenters. The van der Waals surface area contributed by atoms with Crippen molar-refractivity contribution in [2.45, 2.75) is 32.2 Å². The van der Waals surface area contributed by atoms with E-state index in [0.717, 1.165) is 0 Å². The molecule has 1 aromatic heterocycles. The van der Waals surface area contributed by atoms with Crippen LogP contribution in [0.1, 0.15) is 26.7 Å². The zero-order chi connectivity index (χ0) is 12.2. The predicted molar refractivity (Wildman–Crippen MR) is 61.6 cm³/mol. The average molecular weight is 244 g/mol. The van der Waals surface area contributed by atoms with Gasteiger partial charge in [0.2, 0.25) is 5.95 Å². The molecule has 0 aliphatic carbocycles. The number of carboxylic acid groups (broad SMARTS) is 1. The number of nitrogens with zero attached hydrogens (tertiary/aromatic N) is 2. The first-order chi connectivity index (χ1) is 7.39. The van der Waals surface area contributed by atoms with E-state index in [2.05, 4.69) is 15.3 Å². The Kier molecular flexibility index (Phi) is 4.06. The highest BCUT2D eigenvalue weighted by atomic mass is 35.5. The number of carboxylic acids is 1. The molecule has 0 spiro atoms. The number of aromatic nitrogens is 2. The summed E-state index contributed by atoms with van der Waals surface area (Å²) < 4.78 is 0. The summed E-state index contributed by atoms with van der Waals surface area (Å²) in [5, 5.41) is 12.1. The molecule has 0 fully saturated rings. The van der Waals surface area contributed by atoms with Crippen LogP contribution >= 0.6 is 11.6 Å². The minimum Gasteiger partial charge on any atom is -0.481 e. The number of nitrogens with one attached hydrogen (secondary N) is 1. The van der Waals surface area contributed by atoms with E-state index in [0.29, 0.717) is 17.4 Å². The lowest BCUT2D eigenvalue weighted by Crippen LogP contribution is -2.32. The van der Waals surface area contributed by atoms with Crippen molar-refractivity contribution in [2.75, 3.05) is 5.32 Å². The zero-order valence-corrected chi connectivity index (χ0v) is 9.95. The van der Waals surface area contributed by atoms with Crippen molar-refractivity contribution in [1.82, 2.24) is 9.97 Å². The van der Waals surface area contributed by atoms with Crippen molar-refractivity contribution in [3.05, 3.63) is 17.4 Å². The molecule has 0 atom stereocenters. The van der Waals surface area contributed by atoms with Crippen molar-refractivity contribution in [3.63, 3.8) is 0 Å². The number of hydrogen-bond acceptors (Lipinski definition) is 4. The summed E-state index contributed by atoms with van der Waals surface area (Å²) in [7, 11) is 0. The van der Waals surface area contributed by atoms with Gasteiger partial charge in [-0.3, -0.25) is 4.79 Å². The summed E-state index contributed by atoms with van der Waals surface area (Å²) in [6.07, 6.45) is 3.58. The number of carbonyl (C=O) groups is 1. The highest BCUT2D eigenvalue weighted by molar-refractivity contribution is 6.30. The van der Waals surface area contributed by atoms with Crippen LogP contribution in [0.25, 0.3) is 0 Å². The van der Waals surface area contributed by atoms with Crippen molar-refractivity contribution in [3.8, 4) is 0 Å². The third-order valence-electron chi connectivity index (χ3n) is 2.03. The van der Waals surface area contributed by atoms with E-state index in [-0.39, 0.29) is 12.0 Å². The van der Waals surface area contributed by atoms with E-state index in [1.807, 2.05) is 13.8 Å². The zero-order valence-electron chi connectivity index (χ0n) is 9.20. The Bertz CT molecular complexity index is 365.